The third-order valence-corrected chi connectivity index (χ3v) is 1.49. The summed E-state index contributed by atoms with van der Waals surface area (Å²) < 4.78 is 0. The second kappa shape index (κ2) is 42.7. The van der Waals surface area contributed by atoms with Crippen LogP contribution in [0.25, 0.3) is 0 Å². The molecule has 0 radical (unpaired) electrons. The first-order chi connectivity index (χ1) is 8.97. The molecule has 122 valence electrons. The quantitative estimate of drug-likeness (QED) is 0.555. The maximum absolute atomic E-state index is 9.53. The molecule has 0 bridgehead atoms. The number of hydrogen-bond donors (Lipinski definition) is 0. The zero-order chi connectivity index (χ0) is 15.9. The van der Waals surface area contributed by atoms with Gasteiger partial charge >= 0.3 is 21.7 Å². The van der Waals surface area contributed by atoms with Crippen molar-refractivity contribution in [3.63, 3.8) is 0 Å². The van der Waals surface area contributed by atoms with Gasteiger partial charge in [-0.2, -0.15) is 20.8 Å². The van der Waals surface area contributed by atoms with Gasteiger partial charge in [-0.1, -0.05) is 59.3 Å². The van der Waals surface area contributed by atoms with E-state index in [0.29, 0.717) is 0 Å². The fraction of sp³-hybridized carbons (Fsp3) is 0.938. The molecule has 0 amide bonds. The Balaban J connectivity index is -0.0000000494. The third-order valence-electron chi connectivity index (χ3n) is 1.49. The molecule has 4 heteroatoms. The van der Waals surface area contributed by atoms with E-state index in [4.69, 9.17) is 0 Å². The first-order valence-corrected chi connectivity index (χ1v) is 7.49. The Morgan fingerprint density at radius 2 is 0.750 bits per heavy atom. The summed E-state index contributed by atoms with van der Waals surface area (Å²) in [5, 5.41) is 28.6. The molecule has 20 heavy (non-hydrogen) atoms. The SMILES string of the molecule is CCCC[O-].CCCC[O-].CCCC[O-].C[C-](C)C.[Ti+4]. The van der Waals surface area contributed by atoms with Crippen molar-refractivity contribution in [2.75, 3.05) is 19.8 Å². The van der Waals surface area contributed by atoms with Gasteiger partial charge in [-0.3, -0.25) is 0 Å². The molecule has 0 heterocycles. The van der Waals surface area contributed by atoms with Gasteiger partial charge in [0.05, 0.1) is 0 Å². The van der Waals surface area contributed by atoms with Crippen LogP contribution in [0.2, 0.25) is 0 Å². The van der Waals surface area contributed by atoms with Crippen LogP contribution >= 0.6 is 0 Å². The molecule has 3 nitrogen and oxygen atoms in total. The van der Waals surface area contributed by atoms with E-state index in [1.165, 1.54) is 5.92 Å². The normalized spacial score (nSPS) is 8.10. The number of rotatable bonds is 6. The van der Waals surface area contributed by atoms with Gasteiger partial charge < -0.3 is 21.2 Å². The Hall–Kier alpha value is 0.594. The van der Waals surface area contributed by atoms with Gasteiger partial charge in [0.25, 0.3) is 0 Å². The standard InChI is InChI=1S/3C4H9O.C4H9.Ti/c3*1-2-3-4-5;1-4(2)3;/h3*2-4H2,1H3;1-3H3;/q4*-1;+4. The maximum Gasteiger partial charge on any atom is 4.00 e. The van der Waals surface area contributed by atoms with Crippen molar-refractivity contribution in [1.29, 1.82) is 0 Å². The number of hydrogen-bond acceptors (Lipinski definition) is 3. The van der Waals surface area contributed by atoms with Crippen molar-refractivity contribution < 1.29 is 37.0 Å². The monoisotopic (exact) mass is 324 g/mol. The van der Waals surface area contributed by atoms with Crippen molar-refractivity contribution in [1.82, 2.24) is 0 Å². The molecule has 0 saturated carbocycles. The van der Waals surface area contributed by atoms with Crippen LogP contribution in [0.15, 0.2) is 0 Å². The Kier molecular flexibility index (Phi) is 69.4. The predicted molar refractivity (Wildman–Crippen MR) is 79.6 cm³/mol. The van der Waals surface area contributed by atoms with Crippen molar-refractivity contribution in [2.24, 2.45) is 0 Å². The summed E-state index contributed by atoms with van der Waals surface area (Å²) in [6.45, 7) is 12.6. The summed E-state index contributed by atoms with van der Waals surface area (Å²) in [5.74, 6) is 1.42. The molecule has 0 aliphatic heterocycles. The molecule has 0 atom stereocenters. The van der Waals surface area contributed by atoms with Gasteiger partial charge in [0.1, 0.15) is 0 Å². The molecule has 0 aromatic carbocycles. The zero-order valence-corrected chi connectivity index (χ0v) is 16.2. The molecular weight excluding hydrogens is 288 g/mol. The van der Waals surface area contributed by atoms with Crippen LogP contribution in [0.1, 0.15) is 80.1 Å². The Morgan fingerprint density at radius 3 is 0.750 bits per heavy atom. The molecule has 0 aliphatic carbocycles. The van der Waals surface area contributed by atoms with E-state index in [-0.39, 0.29) is 41.5 Å². The first kappa shape index (κ1) is 32.5. The molecule has 0 N–H and O–H groups in total. The fourth-order valence-corrected chi connectivity index (χ4v) is 0.433. The van der Waals surface area contributed by atoms with Crippen molar-refractivity contribution in [3.05, 3.63) is 5.92 Å². The van der Waals surface area contributed by atoms with Crippen LogP contribution in [0.3, 0.4) is 0 Å². The van der Waals surface area contributed by atoms with E-state index in [1.807, 2.05) is 20.8 Å². The van der Waals surface area contributed by atoms with Gasteiger partial charge in [-0.05, 0) is 0 Å². The Morgan fingerprint density at radius 1 is 0.600 bits per heavy atom. The molecule has 0 spiro atoms. The molecular formula is C16H36O3Ti. The second-order valence-corrected chi connectivity index (χ2v) is 4.67. The van der Waals surface area contributed by atoms with E-state index < -0.39 is 0 Å². The van der Waals surface area contributed by atoms with Crippen LogP contribution < -0.4 is 15.3 Å². The van der Waals surface area contributed by atoms with Crippen molar-refractivity contribution in [2.45, 2.75) is 80.1 Å². The van der Waals surface area contributed by atoms with Crippen LogP contribution in [-0.4, -0.2) is 19.8 Å². The summed E-state index contributed by atoms with van der Waals surface area (Å²) >= 11 is 0. The van der Waals surface area contributed by atoms with Gasteiger partial charge in [-0.15, -0.1) is 19.8 Å². The average molecular weight is 324 g/mol. The van der Waals surface area contributed by atoms with Gasteiger partial charge in [0.15, 0.2) is 0 Å². The van der Waals surface area contributed by atoms with E-state index in [9.17, 15) is 15.3 Å². The summed E-state index contributed by atoms with van der Waals surface area (Å²) in [7, 11) is 0. The van der Waals surface area contributed by atoms with Crippen LogP contribution in [0.4, 0.5) is 0 Å². The van der Waals surface area contributed by atoms with Crippen LogP contribution in [-0.2, 0) is 21.7 Å². The van der Waals surface area contributed by atoms with Crippen LogP contribution in [0, 0.1) is 5.92 Å². The van der Waals surface area contributed by atoms with Crippen molar-refractivity contribution in [3.8, 4) is 0 Å². The fourth-order valence-electron chi connectivity index (χ4n) is 0.433. The van der Waals surface area contributed by atoms with Gasteiger partial charge in [-0.25, -0.2) is 0 Å². The zero-order valence-electron chi connectivity index (χ0n) is 14.6. The topological polar surface area (TPSA) is 69.2 Å². The maximum atomic E-state index is 9.53. The Bertz CT molecular complexity index is 78.7. The largest absolute Gasteiger partial charge is 4.00 e. The third kappa shape index (κ3) is 132. The minimum atomic E-state index is 0. The average Bonchev–Trinajstić information content (AvgIpc) is 2.33. The smallest absolute Gasteiger partial charge is 0.854 e. The second-order valence-electron chi connectivity index (χ2n) is 4.67. The molecule has 0 fully saturated rings. The van der Waals surface area contributed by atoms with E-state index in [1.54, 1.807) is 0 Å². The molecule has 0 aliphatic rings. The van der Waals surface area contributed by atoms with Crippen molar-refractivity contribution >= 4 is 0 Å². The minimum Gasteiger partial charge on any atom is -0.854 e. The van der Waals surface area contributed by atoms with Crippen LogP contribution in [0.5, 0.6) is 0 Å². The predicted octanol–water partition coefficient (Wildman–Crippen LogP) is 2.06. The summed E-state index contributed by atoms with van der Waals surface area (Å²) in [5.41, 5.74) is 0. The minimum absolute atomic E-state index is 0. The summed E-state index contributed by atoms with van der Waals surface area (Å²) in [4.78, 5) is 0. The molecule has 0 saturated heterocycles. The molecule has 0 aromatic rings. The first-order valence-electron chi connectivity index (χ1n) is 7.49. The molecule has 0 rings (SSSR count). The molecule has 0 unspecified atom stereocenters. The van der Waals surface area contributed by atoms with E-state index in [0.717, 1.165) is 38.5 Å². The van der Waals surface area contributed by atoms with Gasteiger partial charge in [0.2, 0.25) is 0 Å². The molecule has 0 aromatic heterocycles. The van der Waals surface area contributed by atoms with E-state index in [2.05, 4.69) is 20.8 Å². The summed E-state index contributed by atoms with van der Waals surface area (Å²) in [6.07, 6.45) is 5.59. The van der Waals surface area contributed by atoms with Gasteiger partial charge in [0, 0.05) is 0 Å². The number of unbranched alkanes of at least 4 members (excludes halogenated alkanes) is 3. The van der Waals surface area contributed by atoms with E-state index >= 15 is 0 Å². The Labute approximate surface area is 143 Å². The summed E-state index contributed by atoms with van der Waals surface area (Å²) in [6, 6.07) is 0.